The second-order valence-corrected chi connectivity index (χ2v) is 7.47. The Morgan fingerprint density at radius 2 is 1.96 bits per heavy atom. The molecular formula is C20H21BrN4O2. The van der Waals surface area contributed by atoms with E-state index in [-0.39, 0.29) is 5.91 Å². The number of amides is 1. The number of hydrogen-bond acceptors (Lipinski definition) is 4. The van der Waals surface area contributed by atoms with E-state index in [0.717, 1.165) is 35.3 Å². The molecule has 0 radical (unpaired) electrons. The number of pyridine rings is 1. The average molecular weight is 429 g/mol. The molecule has 3 aromatic rings. The number of carbonyl (C=O) groups is 1. The number of fused-ring (bicyclic) bond motifs is 1. The summed E-state index contributed by atoms with van der Waals surface area (Å²) in [5.74, 6) is 0.722. The Balaban J connectivity index is 1.39. The number of rotatable bonds is 4. The lowest BCUT2D eigenvalue weighted by Crippen LogP contribution is -2.48. The summed E-state index contributed by atoms with van der Waals surface area (Å²) in [6.07, 6.45) is 1.96. The summed E-state index contributed by atoms with van der Waals surface area (Å²) < 4.78 is 7.94. The number of piperazine rings is 1. The van der Waals surface area contributed by atoms with Gasteiger partial charge in [-0.15, -0.1) is 0 Å². The number of aromatic nitrogens is 2. The van der Waals surface area contributed by atoms with Crippen molar-refractivity contribution in [1.29, 1.82) is 0 Å². The van der Waals surface area contributed by atoms with Crippen LogP contribution in [0.25, 0.3) is 5.52 Å². The van der Waals surface area contributed by atoms with Crippen molar-refractivity contribution in [2.75, 3.05) is 33.3 Å². The van der Waals surface area contributed by atoms with Gasteiger partial charge in [-0.3, -0.25) is 9.69 Å². The second-order valence-electron chi connectivity index (χ2n) is 6.62. The zero-order valence-electron chi connectivity index (χ0n) is 15.1. The topological polar surface area (TPSA) is 50.1 Å². The molecule has 1 aliphatic rings. The minimum atomic E-state index is 0.0353. The van der Waals surface area contributed by atoms with Crippen LogP contribution in [-0.4, -0.2) is 58.6 Å². The fourth-order valence-corrected chi connectivity index (χ4v) is 3.79. The van der Waals surface area contributed by atoms with Gasteiger partial charge in [-0.1, -0.05) is 6.07 Å². The molecule has 2 aromatic heterocycles. The molecule has 0 N–H and O–H groups in total. The van der Waals surface area contributed by atoms with E-state index in [2.05, 4.69) is 38.1 Å². The van der Waals surface area contributed by atoms with Crippen molar-refractivity contribution in [2.45, 2.75) is 6.54 Å². The van der Waals surface area contributed by atoms with E-state index >= 15 is 0 Å². The van der Waals surface area contributed by atoms with Crippen molar-refractivity contribution < 1.29 is 9.53 Å². The van der Waals surface area contributed by atoms with Crippen molar-refractivity contribution in [2.24, 2.45) is 0 Å². The lowest BCUT2D eigenvalue weighted by molar-refractivity contribution is 0.0625. The first-order valence-corrected chi connectivity index (χ1v) is 9.72. The van der Waals surface area contributed by atoms with Gasteiger partial charge in [0.1, 0.15) is 5.75 Å². The third-order valence-corrected chi connectivity index (χ3v) is 5.56. The van der Waals surface area contributed by atoms with Crippen LogP contribution in [0.3, 0.4) is 0 Å². The Labute approximate surface area is 166 Å². The minimum absolute atomic E-state index is 0.0353. The first-order valence-electron chi connectivity index (χ1n) is 8.92. The van der Waals surface area contributed by atoms with Crippen LogP contribution < -0.4 is 4.74 Å². The monoisotopic (exact) mass is 428 g/mol. The number of halogens is 1. The molecule has 0 spiro atoms. The van der Waals surface area contributed by atoms with Gasteiger partial charge in [0.25, 0.3) is 5.91 Å². The maximum Gasteiger partial charge on any atom is 0.255 e. The summed E-state index contributed by atoms with van der Waals surface area (Å²) >= 11 is 3.48. The Kier molecular flexibility index (Phi) is 5.13. The van der Waals surface area contributed by atoms with E-state index in [0.29, 0.717) is 24.4 Å². The van der Waals surface area contributed by atoms with E-state index in [4.69, 9.17) is 4.74 Å². The highest BCUT2D eigenvalue weighted by Crippen LogP contribution is 2.24. The number of methoxy groups -OCH3 is 1. The van der Waals surface area contributed by atoms with Crippen LogP contribution in [0.2, 0.25) is 0 Å². The molecule has 0 aliphatic carbocycles. The van der Waals surface area contributed by atoms with Gasteiger partial charge in [-0.2, -0.15) is 5.10 Å². The molecule has 0 unspecified atom stereocenters. The van der Waals surface area contributed by atoms with Crippen molar-refractivity contribution in [3.8, 4) is 5.75 Å². The highest BCUT2D eigenvalue weighted by molar-refractivity contribution is 9.10. The predicted octanol–water partition coefficient (Wildman–Crippen LogP) is 3.06. The fourth-order valence-electron chi connectivity index (χ4n) is 3.37. The van der Waals surface area contributed by atoms with Crippen LogP contribution in [0, 0.1) is 0 Å². The fraction of sp³-hybridized carbons (Fsp3) is 0.300. The summed E-state index contributed by atoms with van der Waals surface area (Å²) in [4.78, 5) is 17.1. The molecule has 1 amide bonds. The maximum atomic E-state index is 12.9. The SMILES string of the molecule is COc1ccc(Br)c(C(=O)N2CCN(Cc3cc4ccccn4n3)CC2)c1. The molecule has 1 fully saturated rings. The zero-order valence-corrected chi connectivity index (χ0v) is 16.7. The van der Waals surface area contributed by atoms with Gasteiger partial charge in [-0.25, -0.2) is 4.52 Å². The van der Waals surface area contributed by atoms with Crippen molar-refractivity contribution in [3.05, 3.63) is 64.4 Å². The first kappa shape index (κ1) is 18.0. The van der Waals surface area contributed by atoms with E-state index in [9.17, 15) is 4.79 Å². The van der Waals surface area contributed by atoms with Gasteiger partial charge in [0.05, 0.1) is 23.9 Å². The highest BCUT2D eigenvalue weighted by atomic mass is 79.9. The second kappa shape index (κ2) is 7.70. The summed E-state index contributed by atoms with van der Waals surface area (Å²) in [6, 6.07) is 13.6. The highest BCUT2D eigenvalue weighted by Gasteiger charge is 2.24. The lowest BCUT2D eigenvalue weighted by Gasteiger charge is -2.34. The maximum absolute atomic E-state index is 12.9. The molecule has 6 nitrogen and oxygen atoms in total. The number of benzene rings is 1. The molecular weight excluding hydrogens is 408 g/mol. The van der Waals surface area contributed by atoms with Crippen LogP contribution in [0.15, 0.2) is 53.1 Å². The van der Waals surface area contributed by atoms with E-state index < -0.39 is 0 Å². The summed E-state index contributed by atoms with van der Waals surface area (Å²) in [5.41, 5.74) is 2.80. The van der Waals surface area contributed by atoms with Gasteiger partial charge in [0.2, 0.25) is 0 Å². The molecule has 1 saturated heterocycles. The third kappa shape index (κ3) is 3.84. The Bertz CT molecular complexity index is 931. The van der Waals surface area contributed by atoms with E-state index in [1.807, 2.05) is 39.9 Å². The zero-order chi connectivity index (χ0) is 18.8. The van der Waals surface area contributed by atoms with Gasteiger partial charge in [-0.05, 0) is 52.3 Å². The average Bonchev–Trinajstić information content (AvgIpc) is 3.11. The van der Waals surface area contributed by atoms with Crippen LogP contribution in [0.4, 0.5) is 0 Å². The molecule has 1 aromatic carbocycles. The largest absolute Gasteiger partial charge is 0.497 e. The molecule has 0 bridgehead atoms. The van der Waals surface area contributed by atoms with Crippen LogP contribution in [0.5, 0.6) is 5.75 Å². The summed E-state index contributed by atoms with van der Waals surface area (Å²) in [5, 5.41) is 4.61. The molecule has 3 heterocycles. The normalized spacial score (nSPS) is 15.3. The van der Waals surface area contributed by atoms with Crippen LogP contribution in [0.1, 0.15) is 16.1 Å². The smallest absolute Gasteiger partial charge is 0.255 e. The molecule has 27 heavy (non-hydrogen) atoms. The minimum Gasteiger partial charge on any atom is -0.497 e. The molecule has 140 valence electrons. The predicted molar refractivity (Wildman–Crippen MR) is 107 cm³/mol. The van der Waals surface area contributed by atoms with E-state index in [1.165, 1.54) is 0 Å². The molecule has 7 heteroatoms. The number of hydrogen-bond donors (Lipinski definition) is 0. The number of nitrogens with zero attached hydrogens (tertiary/aromatic N) is 4. The van der Waals surface area contributed by atoms with Crippen molar-refractivity contribution >= 4 is 27.4 Å². The Morgan fingerprint density at radius 3 is 2.70 bits per heavy atom. The quantitative estimate of drug-likeness (QED) is 0.640. The van der Waals surface area contributed by atoms with Crippen molar-refractivity contribution in [1.82, 2.24) is 19.4 Å². The number of ether oxygens (including phenoxy) is 1. The third-order valence-electron chi connectivity index (χ3n) is 4.87. The molecule has 1 aliphatic heterocycles. The van der Waals surface area contributed by atoms with Crippen LogP contribution in [-0.2, 0) is 6.54 Å². The van der Waals surface area contributed by atoms with Gasteiger partial charge < -0.3 is 9.64 Å². The Hall–Kier alpha value is -2.38. The first-order chi connectivity index (χ1) is 13.1. The van der Waals surface area contributed by atoms with Crippen molar-refractivity contribution in [3.63, 3.8) is 0 Å². The van der Waals surface area contributed by atoms with Gasteiger partial charge in [0.15, 0.2) is 0 Å². The van der Waals surface area contributed by atoms with Gasteiger partial charge in [0, 0.05) is 43.4 Å². The van der Waals surface area contributed by atoms with Crippen LogP contribution >= 0.6 is 15.9 Å². The summed E-state index contributed by atoms with van der Waals surface area (Å²) in [6.45, 7) is 3.88. The molecule has 4 rings (SSSR count). The molecule has 0 atom stereocenters. The summed E-state index contributed by atoms with van der Waals surface area (Å²) in [7, 11) is 1.61. The lowest BCUT2D eigenvalue weighted by atomic mass is 10.1. The van der Waals surface area contributed by atoms with E-state index in [1.54, 1.807) is 13.2 Å². The molecule has 0 saturated carbocycles. The standard InChI is InChI=1S/C20H21BrN4O2/c1-27-17-5-6-19(21)18(13-17)20(26)24-10-8-23(9-11-24)14-15-12-16-4-2-3-7-25(16)22-15/h2-7,12-13H,8-11,14H2,1H3. The van der Waals surface area contributed by atoms with Gasteiger partial charge >= 0.3 is 0 Å². The Morgan fingerprint density at radius 1 is 1.15 bits per heavy atom. The number of carbonyl (C=O) groups excluding carboxylic acids is 1.